The van der Waals surface area contributed by atoms with E-state index in [0.717, 1.165) is 25.7 Å². The van der Waals surface area contributed by atoms with Crippen LogP contribution < -0.4 is 0 Å². The van der Waals surface area contributed by atoms with Gasteiger partial charge in [0.2, 0.25) is 0 Å². The van der Waals surface area contributed by atoms with Gasteiger partial charge >= 0.3 is 5.97 Å². The van der Waals surface area contributed by atoms with Gasteiger partial charge in [-0.05, 0) is 30.9 Å². The first-order valence-electron chi connectivity index (χ1n) is 5.91. The second-order valence-electron chi connectivity index (χ2n) is 4.15. The first-order chi connectivity index (χ1) is 8.27. The SMILES string of the molecule is O=C(OC1=CCCCC1)[C@H](O)c1ccccc1. The van der Waals surface area contributed by atoms with Crippen LogP contribution in [0.2, 0.25) is 0 Å². The van der Waals surface area contributed by atoms with E-state index in [1.807, 2.05) is 12.1 Å². The van der Waals surface area contributed by atoms with Gasteiger partial charge in [-0.1, -0.05) is 30.3 Å². The average molecular weight is 232 g/mol. The van der Waals surface area contributed by atoms with Gasteiger partial charge in [-0.15, -0.1) is 0 Å². The van der Waals surface area contributed by atoms with Crippen LogP contribution in [0, 0.1) is 0 Å². The van der Waals surface area contributed by atoms with Crippen LogP contribution in [0.25, 0.3) is 0 Å². The van der Waals surface area contributed by atoms with Crippen molar-refractivity contribution >= 4 is 5.97 Å². The van der Waals surface area contributed by atoms with Gasteiger partial charge in [0, 0.05) is 6.42 Å². The molecule has 0 heterocycles. The summed E-state index contributed by atoms with van der Waals surface area (Å²) in [6, 6.07) is 8.82. The number of hydrogen-bond donors (Lipinski definition) is 1. The van der Waals surface area contributed by atoms with Crippen molar-refractivity contribution in [3.05, 3.63) is 47.7 Å². The largest absolute Gasteiger partial charge is 0.429 e. The molecular weight excluding hydrogens is 216 g/mol. The monoisotopic (exact) mass is 232 g/mol. The zero-order valence-electron chi connectivity index (χ0n) is 9.63. The summed E-state index contributed by atoms with van der Waals surface area (Å²) >= 11 is 0. The lowest BCUT2D eigenvalue weighted by molar-refractivity contribution is -0.149. The van der Waals surface area contributed by atoms with Crippen molar-refractivity contribution < 1.29 is 14.6 Å². The molecule has 0 saturated heterocycles. The number of aliphatic hydroxyl groups is 1. The lowest BCUT2D eigenvalue weighted by atomic mass is 10.1. The molecule has 0 radical (unpaired) electrons. The minimum absolute atomic E-state index is 0.564. The molecule has 2 rings (SSSR count). The van der Waals surface area contributed by atoms with Crippen LogP contribution in [0.3, 0.4) is 0 Å². The fraction of sp³-hybridized carbons (Fsp3) is 0.357. The number of hydrogen-bond acceptors (Lipinski definition) is 3. The topological polar surface area (TPSA) is 46.5 Å². The van der Waals surface area contributed by atoms with Gasteiger partial charge in [-0.25, -0.2) is 4.79 Å². The van der Waals surface area contributed by atoms with Gasteiger partial charge in [-0.3, -0.25) is 0 Å². The van der Waals surface area contributed by atoms with Crippen molar-refractivity contribution in [2.45, 2.75) is 31.8 Å². The van der Waals surface area contributed by atoms with E-state index >= 15 is 0 Å². The zero-order valence-corrected chi connectivity index (χ0v) is 9.63. The van der Waals surface area contributed by atoms with Crippen molar-refractivity contribution in [2.75, 3.05) is 0 Å². The van der Waals surface area contributed by atoms with Crippen molar-refractivity contribution in [1.29, 1.82) is 0 Å². The van der Waals surface area contributed by atoms with Crippen LogP contribution >= 0.6 is 0 Å². The smallest absolute Gasteiger partial charge is 0.344 e. The molecule has 1 aliphatic rings. The maximum atomic E-state index is 11.7. The standard InChI is InChI=1S/C14H16O3/c15-13(11-7-3-1-4-8-11)14(16)17-12-9-5-2-6-10-12/h1,3-4,7-9,13,15H,2,5-6,10H2/t13-/m1/s1. The third-order valence-corrected chi connectivity index (χ3v) is 2.82. The summed E-state index contributed by atoms with van der Waals surface area (Å²) in [4.78, 5) is 11.7. The van der Waals surface area contributed by atoms with Gasteiger partial charge in [0.05, 0.1) is 0 Å². The van der Waals surface area contributed by atoms with E-state index in [-0.39, 0.29) is 0 Å². The van der Waals surface area contributed by atoms with Crippen LogP contribution in [0.15, 0.2) is 42.2 Å². The third kappa shape index (κ3) is 3.17. The van der Waals surface area contributed by atoms with Crippen LogP contribution in [0.4, 0.5) is 0 Å². The molecule has 3 heteroatoms. The Kier molecular flexibility index (Phi) is 3.94. The van der Waals surface area contributed by atoms with Gasteiger partial charge < -0.3 is 9.84 Å². The summed E-state index contributed by atoms with van der Waals surface area (Å²) in [6.07, 6.45) is 4.65. The predicted molar refractivity (Wildman–Crippen MR) is 64.0 cm³/mol. The van der Waals surface area contributed by atoms with Gasteiger partial charge in [-0.2, -0.15) is 0 Å². The Labute approximate surface area is 101 Å². The summed E-state index contributed by atoms with van der Waals surface area (Å²) in [5, 5.41) is 9.82. The van der Waals surface area contributed by atoms with E-state index in [9.17, 15) is 9.90 Å². The molecule has 0 fully saturated rings. The molecule has 90 valence electrons. The maximum Gasteiger partial charge on any atom is 0.344 e. The number of carbonyl (C=O) groups excluding carboxylic acids is 1. The normalized spacial score (nSPS) is 17.1. The molecule has 0 unspecified atom stereocenters. The molecule has 1 aromatic rings. The number of rotatable bonds is 3. The molecule has 17 heavy (non-hydrogen) atoms. The quantitative estimate of drug-likeness (QED) is 0.815. The summed E-state index contributed by atoms with van der Waals surface area (Å²) in [7, 11) is 0. The van der Waals surface area contributed by atoms with Crippen molar-refractivity contribution in [3.63, 3.8) is 0 Å². The first-order valence-corrected chi connectivity index (χ1v) is 5.91. The summed E-state index contributed by atoms with van der Waals surface area (Å²) in [6.45, 7) is 0. The van der Waals surface area contributed by atoms with Crippen LogP contribution in [0.5, 0.6) is 0 Å². The number of allylic oxidation sites excluding steroid dienone is 2. The Morgan fingerprint density at radius 1 is 1.24 bits per heavy atom. The first kappa shape index (κ1) is 11.9. The Bertz CT molecular complexity index is 409. The van der Waals surface area contributed by atoms with E-state index in [0.29, 0.717) is 11.3 Å². The van der Waals surface area contributed by atoms with Crippen LogP contribution in [-0.4, -0.2) is 11.1 Å². The maximum absolute atomic E-state index is 11.7. The lowest BCUT2D eigenvalue weighted by Crippen LogP contribution is -2.16. The summed E-state index contributed by atoms with van der Waals surface area (Å²) < 4.78 is 5.18. The molecule has 3 nitrogen and oxygen atoms in total. The molecule has 1 aromatic carbocycles. The highest BCUT2D eigenvalue weighted by atomic mass is 16.6. The fourth-order valence-electron chi connectivity index (χ4n) is 1.86. The summed E-state index contributed by atoms with van der Waals surface area (Å²) in [5.41, 5.74) is 0.564. The van der Waals surface area contributed by atoms with E-state index in [1.54, 1.807) is 24.3 Å². The Morgan fingerprint density at radius 3 is 2.65 bits per heavy atom. The second kappa shape index (κ2) is 5.64. The summed E-state index contributed by atoms with van der Waals surface area (Å²) in [5.74, 6) is 0.0978. The highest BCUT2D eigenvalue weighted by Gasteiger charge is 2.20. The molecule has 1 aliphatic carbocycles. The molecule has 0 saturated carbocycles. The fourth-order valence-corrected chi connectivity index (χ4v) is 1.86. The molecule has 0 bridgehead atoms. The van der Waals surface area contributed by atoms with Gasteiger partial charge in [0.15, 0.2) is 6.10 Å². The number of carbonyl (C=O) groups is 1. The number of aliphatic hydroxyl groups excluding tert-OH is 1. The Balaban J connectivity index is 1.98. The van der Waals surface area contributed by atoms with E-state index < -0.39 is 12.1 Å². The molecule has 0 aromatic heterocycles. The number of esters is 1. The number of ether oxygens (including phenoxy) is 1. The van der Waals surface area contributed by atoms with Gasteiger partial charge in [0.25, 0.3) is 0 Å². The molecule has 0 aliphatic heterocycles. The van der Waals surface area contributed by atoms with E-state index in [2.05, 4.69) is 0 Å². The second-order valence-corrected chi connectivity index (χ2v) is 4.15. The van der Waals surface area contributed by atoms with E-state index in [1.165, 1.54) is 0 Å². The van der Waals surface area contributed by atoms with Crippen LogP contribution in [-0.2, 0) is 9.53 Å². The van der Waals surface area contributed by atoms with Gasteiger partial charge in [0.1, 0.15) is 5.76 Å². The molecule has 1 N–H and O–H groups in total. The van der Waals surface area contributed by atoms with Crippen molar-refractivity contribution in [1.82, 2.24) is 0 Å². The predicted octanol–water partition coefficient (Wildman–Crippen LogP) is 2.72. The lowest BCUT2D eigenvalue weighted by Gasteiger charge is -2.15. The Morgan fingerprint density at radius 2 is 2.00 bits per heavy atom. The van der Waals surface area contributed by atoms with Crippen molar-refractivity contribution in [2.24, 2.45) is 0 Å². The zero-order chi connectivity index (χ0) is 12.1. The van der Waals surface area contributed by atoms with Crippen LogP contribution in [0.1, 0.15) is 37.4 Å². The third-order valence-electron chi connectivity index (χ3n) is 2.82. The molecule has 0 amide bonds. The van der Waals surface area contributed by atoms with E-state index in [4.69, 9.17) is 4.74 Å². The molecule has 1 atom stereocenters. The molecule has 0 spiro atoms. The highest BCUT2D eigenvalue weighted by molar-refractivity contribution is 5.77. The number of benzene rings is 1. The Hall–Kier alpha value is -1.61. The molecular formula is C14H16O3. The average Bonchev–Trinajstić information content (AvgIpc) is 2.40. The minimum Gasteiger partial charge on any atom is -0.429 e. The minimum atomic E-state index is -1.20. The van der Waals surface area contributed by atoms with Crippen molar-refractivity contribution in [3.8, 4) is 0 Å². The highest BCUT2D eigenvalue weighted by Crippen LogP contribution is 2.21.